The van der Waals surface area contributed by atoms with Gasteiger partial charge in [-0.3, -0.25) is 9.69 Å². The van der Waals surface area contributed by atoms with E-state index in [2.05, 4.69) is 21.2 Å². The van der Waals surface area contributed by atoms with Gasteiger partial charge in [0.25, 0.3) is 0 Å². The molecule has 1 unspecified atom stereocenters. The van der Waals surface area contributed by atoms with Gasteiger partial charge in [0.05, 0.1) is 13.2 Å². The maximum absolute atomic E-state index is 11.1. The van der Waals surface area contributed by atoms with Crippen LogP contribution in [0.3, 0.4) is 0 Å². The quantitative estimate of drug-likeness (QED) is 0.264. The highest BCUT2D eigenvalue weighted by molar-refractivity contribution is 9.10. The lowest BCUT2D eigenvalue weighted by molar-refractivity contribution is -0.131. The Morgan fingerprint density at radius 2 is 1.61 bits per heavy atom. The summed E-state index contributed by atoms with van der Waals surface area (Å²) in [6, 6.07) is 16.2. The number of benzene rings is 2. The van der Waals surface area contributed by atoms with Gasteiger partial charge in [0, 0.05) is 41.9 Å². The predicted molar refractivity (Wildman–Crippen MR) is 128 cm³/mol. The number of anilines is 1. The van der Waals surface area contributed by atoms with Crippen LogP contribution in [0.1, 0.15) is 0 Å². The summed E-state index contributed by atoms with van der Waals surface area (Å²) >= 11 is 3.26. The summed E-state index contributed by atoms with van der Waals surface area (Å²) in [5.41, 5.74) is 0.609. The Balaban J connectivity index is 0.000000335. The number of para-hydroxylation sites is 1. The number of aliphatic hydroxyl groups is 3. The van der Waals surface area contributed by atoms with Gasteiger partial charge < -0.3 is 30.5 Å². The standard InChI is InChI=1S/C13H21NO4.C10H8BrNO3/c15-8-6-14(7-9-16)10-12(17)11-18-13-4-2-1-3-5-13;11-7-1-3-8(4-2-7)12-9(13)5-6-10(14)15/h1-5,12,15-17H,6-11H2;1-6H,(H,12,13)(H,14,15)/b;6-5+. The number of carbonyl (C=O) groups is 2. The Morgan fingerprint density at radius 3 is 2.15 bits per heavy atom. The lowest BCUT2D eigenvalue weighted by atomic mass is 10.3. The van der Waals surface area contributed by atoms with Crippen molar-refractivity contribution in [3.8, 4) is 5.75 Å². The number of carboxylic acids is 1. The fraction of sp³-hybridized carbons (Fsp3) is 0.304. The summed E-state index contributed by atoms with van der Waals surface area (Å²) in [5.74, 6) is -0.909. The van der Waals surface area contributed by atoms with Crippen molar-refractivity contribution >= 4 is 33.5 Å². The lowest BCUT2D eigenvalue weighted by Crippen LogP contribution is -2.38. The van der Waals surface area contributed by atoms with Crippen LogP contribution in [0.5, 0.6) is 5.75 Å². The van der Waals surface area contributed by atoms with Gasteiger partial charge in [-0.05, 0) is 36.4 Å². The number of hydrogen-bond donors (Lipinski definition) is 5. The van der Waals surface area contributed by atoms with Gasteiger partial charge >= 0.3 is 5.97 Å². The van der Waals surface area contributed by atoms with Gasteiger partial charge in [-0.1, -0.05) is 34.1 Å². The van der Waals surface area contributed by atoms with Gasteiger partial charge in [-0.15, -0.1) is 0 Å². The van der Waals surface area contributed by atoms with Crippen LogP contribution in [0.25, 0.3) is 0 Å². The number of ether oxygens (including phenoxy) is 1. The first-order valence-corrected chi connectivity index (χ1v) is 10.9. The third kappa shape index (κ3) is 14.1. The largest absolute Gasteiger partial charge is 0.491 e. The Morgan fingerprint density at radius 1 is 1.00 bits per heavy atom. The second-order valence-corrected chi connectivity index (χ2v) is 7.61. The Kier molecular flexibility index (Phi) is 14.4. The molecular formula is C23H29BrN2O7. The maximum atomic E-state index is 11.1. The monoisotopic (exact) mass is 524 g/mol. The summed E-state index contributed by atoms with van der Waals surface area (Å²) in [5, 5.41) is 38.3. The second kappa shape index (κ2) is 16.8. The molecule has 0 aliphatic rings. The molecule has 9 nitrogen and oxygen atoms in total. The van der Waals surface area contributed by atoms with Crippen molar-refractivity contribution in [2.24, 2.45) is 0 Å². The van der Waals surface area contributed by atoms with Crippen LogP contribution < -0.4 is 10.1 Å². The normalized spacial score (nSPS) is 11.5. The van der Waals surface area contributed by atoms with Gasteiger partial charge in [0.1, 0.15) is 18.5 Å². The van der Waals surface area contributed by atoms with E-state index in [-0.39, 0.29) is 19.8 Å². The minimum atomic E-state index is -1.15. The van der Waals surface area contributed by atoms with E-state index >= 15 is 0 Å². The molecule has 0 bridgehead atoms. The Hall–Kier alpha value is -2.76. The van der Waals surface area contributed by atoms with E-state index in [0.29, 0.717) is 31.1 Å². The molecule has 180 valence electrons. The molecule has 0 aliphatic carbocycles. The smallest absolute Gasteiger partial charge is 0.328 e. The van der Waals surface area contributed by atoms with Crippen molar-refractivity contribution in [3.05, 3.63) is 71.2 Å². The molecule has 1 amide bonds. The third-order valence-electron chi connectivity index (χ3n) is 3.98. The van der Waals surface area contributed by atoms with Crippen LogP contribution in [0, 0.1) is 0 Å². The number of aliphatic hydroxyl groups excluding tert-OH is 3. The number of carbonyl (C=O) groups excluding carboxylic acids is 1. The van der Waals surface area contributed by atoms with Crippen molar-refractivity contribution in [2.45, 2.75) is 6.10 Å². The minimum Gasteiger partial charge on any atom is -0.491 e. The highest BCUT2D eigenvalue weighted by Crippen LogP contribution is 2.14. The Labute approximate surface area is 201 Å². The molecule has 2 aromatic rings. The average molecular weight is 525 g/mol. The molecule has 0 radical (unpaired) electrons. The van der Waals surface area contributed by atoms with Crippen molar-refractivity contribution in [3.63, 3.8) is 0 Å². The first-order chi connectivity index (χ1) is 15.8. The van der Waals surface area contributed by atoms with Gasteiger partial charge in [0.2, 0.25) is 5.91 Å². The fourth-order valence-corrected chi connectivity index (χ4v) is 2.77. The highest BCUT2D eigenvalue weighted by atomic mass is 79.9. The molecule has 2 rings (SSSR count). The molecule has 0 heterocycles. The number of halogens is 1. The van der Waals surface area contributed by atoms with E-state index in [0.717, 1.165) is 16.6 Å². The first-order valence-electron chi connectivity index (χ1n) is 10.1. The summed E-state index contributed by atoms with van der Waals surface area (Å²) in [6.07, 6.45) is 1.10. The van der Waals surface area contributed by atoms with Crippen LogP contribution in [0.2, 0.25) is 0 Å². The minimum absolute atomic E-state index is 0.00621. The third-order valence-corrected chi connectivity index (χ3v) is 4.50. The first kappa shape index (κ1) is 28.3. The van der Waals surface area contributed by atoms with Crippen LogP contribution in [0.4, 0.5) is 5.69 Å². The van der Waals surface area contributed by atoms with E-state index in [1.54, 1.807) is 29.2 Å². The zero-order chi connectivity index (χ0) is 24.5. The van der Waals surface area contributed by atoms with Crippen LogP contribution in [0.15, 0.2) is 71.2 Å². The number of nitrogens with one attached hydrogen (secondary N) is 1. The average Bonchev–Trinajstić information content (AvgIpc) is 2.79. The topological polar surface area (TPSA) is 140 Å². The van der Waals surface area contributed by atoms with E-state index in [9.17, 15) is 14.7 Å². The molecule has 5 N–H and O–H groups in total. The molecule has 0 saturated heterocycles. The van der Waals surface area contributed by atoms with Crippen molar-refractivity contribution in [1.82, 2.24) is 4.90 Å². The number of nitrogens with zero attached hydrogens (tertiary/aromatic N) is 1. The predicted octanol–water partition coefficient (Wildman–Crippen LogP) is 1.74. The summed E-state index contributed by atoms with van der Waals surface area (Å²) < 4.78 is 6.33. The molecule has 33 heavy (non-hydrogen) atoms. The molecule has 0 aromatic heterocycles. The summed E-state index contributed by atoms with van der Waals surface area (Å²) in [6.45, 7) is 1.44. The zero-order valence-electron chi connectivity index (χ0n) is 18.0. The van der Waals surface area contributed by atoms with E-state index in [4.69, 9.17) is 20.1 Å². The fourth-order valence-electron chi connectivity index (χ4n) is 2.50. The van der Waals surface area contributed by atoms with E-state index < -0.39 is 18.0 Å². The summed E-state index contributed by atoms with van der Waals surface area (Å²) in [4.78, 5) is 23.0. The van der Waals surface area contributed by atoms with Crippen LogP contribution in [-0.2, 0) is 9.59 Å². The molecular weight excluding hydrogens is 496 g/mol. The van der Waals surface area contributed by atoms with Crippen molar-refractivity contribution in [1.29, 1.82) is 0 Å². The number of amides is 1. The number of hydrogen-bond acceptors (Lipinski definition) is 7. The lowest BCUT2D eigenvalue weighted by Gasteiger charge is -2.23. The van der Waals surface area contributed by atoms with Crippen molar-refractivity contribution in [2.75, 3.05) is 44.8 Å². The SMILES string of the molecule is O=C(O)/C=C/C(=O)Nc1ccc(Br)cc1.OCCN(CCO)CC(O)COc1ccccc1. The number of aliphatic carboxylic acids is 1. The Bertz CT molecular complexity index is 842. The van der Waals surface area contributed by atoms with Crippen molar-refractivity contribution < 1.29 is 34.8 Å². The van der Waals surface area contributed by atoms with E-state index in [1.165, 1.54) is 0 Å². The molecule has 10 heteroatoms. The van der Waals surface area contributed by atoms with Crippen LogP contribution >= 0.6 is 15.9 Å². The summed E-state index contributed by atoms with van der Waals surface area (Å²) in [7, 11) is 0. The molecule has 0 aliphatic heterocycles. The number of rotatable bonds is 12. The molecule has 2 aromatic carbocycles. The second-order valence-electron chi connectivity index (χ2n) is 6.69. The zero-order valence-corrected chi connectivity index (χ0v) is 19.6. The molecule has 0 saturated carbocycles. The highest BCUT2D eigenvalue weighted by Gasteiger charge is 2.11. The van der Waals surface area contributed by atoms with Gasteiger partial charge in [-0.2, -0.15) is 0 Å². The van der Waals surface area contributed by atoms with Gasteiger partial charge in [0.15, 0.2) is 0 Å². The molecule has 1 atom stereocenters. The molecule has 0 spiro atoms. The number of carboxylic acid groups (broad SMARTS) is 1. The maximum Gasteiger partial charge on any atom is 0.328 e. The van der Waals surface area contributed by atoms with E-state index in [1.807, 2.05) is 30.3 Å². The molecule has 0 fully saturated rings. The van der Waals surface area contributed by atoms with Crippen LogP contribution in [-0.4, -0.2) is 82.8 Å². The van der Waals surface area contributed by atoms with Gasteiger partial charge in [-0.25, -0.2) is 4.79 Å².